The summed E-state index contributed by atoms with van der Waals surface area (Å²) in [5.74, 6) is -9.52. The van der Waals surface area contributed by atoms with Crippen LogP contribution >= 0.6 is 21.6 Å². The van der Waals surface area contributed by atoms with Crippen molar-refractivity contribution in [1.29, 1.82) is 0 Å². The first-order chi connectivity index (χ1) is 43.3. The number of fused-ring (bicyclic) bond motifs is 4. The fourth-order valence-corrected chi connectivity index (χ4v) is 13.0. The number of unbranched alkanes of at least 4 members (excludes halogenated alkanes) is 1. The molecule has 0 bridgehead atoms. The van der Waals surface area contributed by atoms with E-state index >= 15 is 9.59 Å². The van der Waals surface area contributed by atoms with Crippen molar-refractivity contribution < 1.29 is 68.3 Å². The summed E-state index contributed by atoms with van der Waals surface area (Å²) in [6.45, 7) is 2.44. The van der Waals surface area contributed by atoms with Crippen molar-refractivity contribution in [2.75, 3.05) is 24.7 Å². The van der Waals surface area contributed by atoms with E-state index in [1.165, 1.54) is 31.2 Å². The molecule has 1 fully saturated rings. The van der Waals surface area contributed by atoms with Crippen LogP contribution in [0, 0.1) is 0 Å². The number of benzene rings is 5. The molecule has 1 aliphatic carbocycles. The molecule has 0 unspecified atom stereocenters. The van der Waals surface area contributed by atoms with Gasteiger partial charge in [0, 0.05) is 53.8 Å². The van der Waals surface area contributed by atoms with Crippen LogP contribution in [0.4, 0.5) is 4.79 Å². The number of carbonyl (C=O) groups excluding carboxylic acids is 8. The van der Waals surface area contributed by atoms with Crippen molar-refractivity contribution >= 4 is 85.9 Å². The number of phenols is 1. The molecule has 90 heavy (non-hydrogen) atoms. The van der Waals surface area contributed by atoms with Crippen LogP contribution < -0.4 is 48.3 Å². The van der Waals surface area contributed by atoms with Crippen molar-refractivity contribution in [1.82, 2.24) is 47.5 Å². The van der Waals surface area contributed by atoms with Crippen molar-refractivity contribution in [3.05, 3.63) is 161 Å². The predicted molar refractivity (Wildman–Crippen MR) is 338 cm³/mol. The van der Waals surface area contributed by atoms with Crippen molar-refractivity contribution in [3.63, 3.8) is 0 Å². The molecule has 15 N–H and O–H groups in total. The van der Waals surface area contributed by atoms with Crippen LogP contribution in [0.3, 0.4) is 0 Å². The fourth-order valence-electron chi connectivity index (χ4n) is 10.7. The van der Waals surface area contributed by atoms with Gasteiger partial charge in [-0.05, 0) is 96.8 Å². The highest BCUT2D eigenvalue weighted by Gasteiger charge is 2.38. The van der Waals surface area contributed by atoms with Crippen molar-refractivity contribution in [2.24, 2.45) is 5.73 Å². The monoisotopic (exact) mass is 1270 g/mol. The number of para-hydroxylation sites is 1. The average molecular weight is 1270 g/mol. The molecule has 8 rings (SSSR count). The summed E-state index contributed by atoms with van der Waals surface area (Å²) in [6.07, 6.45) is -2.44. The Hall–Kier alpha value is -8.95. The molecule has 0 radical (unpaired) electrons. The highest BCUT2D eigenvalue weighted by atomic mass is 33.1. The number of alkyl carbamates (subject to hydrolysis) is 1. The quantitative estimate of drug-likeness (QED) is 0.0386. The summed E-state index contributed by atoms with van der Waals surface area (Å²) < 4.78 is 5.88. The maximum absolute atomic E-state index is 15.2. The third-order valence-corrected chi connectivity index (χ3v) is 17.9. The van der Waals surface area contributed by atoms with Gasteiger partial charge in [-0.1, -0.05) is 131 Å². The normalized spacial score (nSPS) is 20.8. The van der Waals surface area contributed by atoms with Crippen LogP contribution in [-0.4, -0.2) is 164 Å². The zero-order valence-electron chi connectivity index (χ0n) is 49.4. The molecule has 0 saturated carbocycles. The van der Waals surface area contributed by atoms with Crippen LogP contribution in [0.1, 0.15) is 66.8 Å². The Kier molecular flexibility index (Phi) is 23.8. The van der Waals surface area contributed by atoms with Gasteiger partial charge in [0.25, 0.3) is 0 Å². The minimum absolute atomic E-state index is 0.0501. The Balaban J connectivity index is 1.15. The lowest BCUT2D eigenvalue weighted by atomic mass is 9.98. The highest BCUT2D eigenvalue weighted by molar-refractivity contribution is 8.76. The second-order valence-corrected chi connectivity index (χ2v) is 24.6. The Morgan fingerprint density at radius 3 is 1.91 bits per heavy atom. The number of carboxylic acids is 1. The maximum Gasteiger partial charge on any atom is 0.407 e. The minimum Gasteiger partial charge on any atom is -0.508 e. The van der Waals surface area contributed by atoms with Gasteiger partial charge < -0.3 is 78.4 Å². The van der Waals surface area contributed by atoms with E-state index in [0.717, 1.165) is 50.8 Å². The molecule has 5 aromatic carbocycles. The van der Waals surface area contributed by atoms with Gasteiger partial charge in [0.15, 0.2) is 6.04 Å². The first-order valence-corrected chi connectivity index (χ1v) is 31.9. The Morgan fingerprint density at radius 2 is 1.26 bits per heavy atom. The van der Waals surface area contributed by atoms with E-state index in [1.807, 2.05) is 54.6 Å². The van der Waals surface area contributed by atoms with E-state index in [2.05, 4.69) is 47.5 Å². The third kappa shape index (κ3) is 17.9. The van der Waals surface area contributed by atoms with E-state index in [-0.39, 0.29) is 62.7 Å². The molecular weight excluding hydrogens is 1200 g/mol. The molecule has 0 spiro atoms. The molecular formula is C64H74N10O14S2. The van der Waals surface area contributed by atoms with Gasteiger partial charge in [0.05, 0.1) is 12.2 Å². The van der Waals surface area contributed by atoms with Gasteiger partial charge >= 0.3 is 12.1 Å². The number of aliphatic carboxylic acids is 1. The van der Waals surface area contributed by atoms with Gasteiger partial charge in [-0.25, -0.2) is 9.59 Å². The summed E-state index contributed by atoms with van der Waals surface area (Å²) in [5, 5.41) is 63.2. The van der Waals surface area contributed by atoms with E-state index in [9.17, 15) is 54.0 Å². The number of aromatic hydroxyl groups is 1. The maximum atomic E-state index is 15.2. The van der Waals surface area contributed by atoms with Crippen LogP contribution in [0.5, 0.6) is 5.75 Å². The van der Waals surface area contributed by atoms with Gasteiger partial charge in [-0.3, -0.25) is 33.6 Å². The first-order valence-electron chi connectivity index (χ1n) is 29.4. The van der Waals surface area contributed by atoms with Crippen molar-refractivity contribution in [2.45, 2.75) is 119 Å². The minimum atomic E-state index is -1.86. The number of aliphatic hydroxyl groups is 2. The number of H-pyrrole nitrogens is 1. The van der Waals surface area contributed by atoms with Crippen LogP contribution in [0.25, 0.3) is 22.0 Å². The number of carboxylic acid groups (broad SMARTS) is 1. The van der Waals surface area contributed by atoms with E-state index in [1.54, 1.807) is 54.7 Å². The van der Waals surface area contributed by atoms with Gasteiger partial charge in [0.1, 0.15) is 54.6 Å². The van der Waals surface area contributed by atoms with Crippen LogP contribution in [-0.2, 0) is 62.4 Å². The summed E-state index contributed by atoms with van der Waals surface area (Å²) in [7, 11) is 1.77. The number of carbonyl (C=O) groups is 9. The Morgan fingerprint density at radius 1 is 0.656 bits per heavy atom. The number of hydrogen-bond acceptors (Lipinski definition) is 16. The van der Waals surface area contributed by atoms with E-state index in [0.29, 0.717) is 34.0 Å². The lowest BCUT2D eigenvalue weighted by Crippen LogP contribution is -2.62. The number of aromatic amines is 1. The molecule has 26 heteroatoms. The zero-order valence-corrected chi connectivity index (χ0v) is 51.0. The van der Waals surface area contributed by atoms with Crippen LogP contribution in [0.2, 0.25) is 0 Å². The number of nitrogens with two attached hydrogens (primary N) is 1. The second-order valence-electron chi connectivity index (χ2n) is 22.1. The number of nitrogens with one attached hydrogen (secondary N) is 9. The highest BCUT2D eigenvalue weighted by Crippen LogP contribution is 2.44. The summed E-state index contributed by atoms with van der Waals surface area (Å²) in [6, 6.07) is 24.5. The molecule has 8 amide bonds. The number of aromatic nitrogens is 1. The largest absolute Gasteiger partial charge is 0.508 e. The summed E-state index contributed by atoms with van der Waals surface area (Å²) in [5.41, 5.74) is 12.1. The molecule has 10 atom stereocenters. The molecule has 6 aromatic rings. The van der Waals surface area contributed by atoms with Gasteiger partial charge in [0.2, 0.25) is 41.4 Å². The average Bonchev–Trinajstić information content (AvgIpc) is 1.65. The molecule has 1 saturated heterocycles. The number of phenolic OH excluding ortho intramolecular Hbond substituents is 1. The predicted octanol–water partition coefficient (Wildman–Crippen LogP) is 2.57. The summed E-state index contributed by atoms with van der Waals surface area (Å²) >= 11 is 0. The SMILES string of the molecule is C[C@@H](O)[C@H](NC(=O)[C@@H]1CSSC[C@H](NC(=O)[C@@H](Cc2ccccc2)NC(=O)OCC2c3ccccc3-c3ccccc32)C(=O)N[C@@H](Cc2ccc(O)cc2)C(=O)N[C@H](Cc2c[nH]c3ccccc23)C(=O)N[C@@H](CCCCN)C(=O)N[C@@H]([C@@H](C)O)C(=O)N1)C(=O)O. The van der Waals surface area contributed by atoms with E-state index in [4.69, 9.17) is 10.5 Å². The number of rotatable bonds is 20. The van der Waals surface area contributed by atoms with E-state index < -0.39 is 120 Å². The lowest BCUT2D eigenvalue weighted by Gasteiger charge is -2.29. The first kappa shape index (κ1) is 67.0. The molecule has 24 nitrogen and oxygen atoms in total. The van der Waals surface area contributed by atoms with Gasteiger partial charge in [-0.2, -0.15) is 0 Å². The molecule has 476 valence electrons. The Labute approximate surface area is 526 Å². The number of ether oxygens (including phenoxy) is 1. The third-order valence-electron chi connectivity index (χ3n) is 15.5. The fraction of sp³-hybridized carbons (Fsp3) is 0.359. The number of amides is 8. The second kappa shape index (κ2) is 32.0. The number of aliphatic hydroxyl groups excluding tert-OH is 2. The Bertz CT molecular complexity index is 3470. The zero-order chi connectivity index (χ0) is 64.4. The molecule has 2 aliphatic rings. The molecule has 1 aliphatic heterocycles. The summed E-state index contributed by atoms with van der Waals surface area (Å²) in [4.78, 5) is 132. The molecule has 2 heterocycles. The standard InChI is InChI=1S/C64H74N10O14S2/c1-35(75)54-62(84)71-53(61(83)74-55(36(2)76)63(85)86)34-90-89-33-52(70-58(80)50(28-37-14-4-3-5-15-37)72-64(87)88-32-46-44-19-8-6-17-42(44)43-18-7-9-20-45(43)46)60(82)68-49(29-38-23-25-40(77)26-24-38)57(79)69-51(30-39-31-66-47-21-11-10-16-41(39)47)59(81)67-48(56(78)73-54)22-12-13-27-65/h3-11,14-21,23-26,31,35-36,46,48-55,66,75-77H,12-13,22,27-30,32-34,65H2,1-2H3,(H,67,81)(H,68,82)(H,69,79)(H,70,80)(H,71,84)(H,72,87)(H,73,78)(H,74,83)(H,85,86)/t35-,36-,48+,49+,50-,51-,52+,53+,54+,55+/m1/s1. The molecule has 1 aromatic heterocycles. The number of hydrogen-bond donors (Lipinski definition) is 14. The van der Waals surface area contributed by atoms with Crippen molar-refractivity contribution in [3.8, 4) is 16.9 Å². The smallest absolute Gasteiger partial charge is 0.407 e. The van der Waals surface area contributed by atoms with Gasteiger partial charge in [-0.15, -0.1) is 0 Å². The van der Waals surface area contributed by atoms with Crippen LogP contribution in [0.15, 0.2) is 134 Å². The topological polar surface area (TPSA) is 382 Å². The lowest BCUT2D eigenvalue weighted by molar-refractivity contribution is -0.145.